The highest BCUT2D eigenvalue weighted by Gasteiger charge is 2.27. The van der Waals surface area contributed by atoms with Crippen molar-refractivity contribution in [1.29, 1.82) is 0 Å². The molecular weight excluding hydrogens is 509 g/mol. The molecule has 2 aromatic rings. The molecule has 2 atom stereocenters. The molecular formula is C25H33Cl2N3O4S. The monoisotopic (exact) mass is 541 g/mol. The Morgan fingerprint density at radius 2 is 1.69 bits per heavy atom. The number of halogens is 2. The second kappa shape index (κ2) is 13.1. The summed E-state index contributed by atoms with van der Waals surface area (Å²) >= 11 is 12.0. The van der Waals surface area contributed by atoms with E-state index in [2.05, 4.69) is 5.32 Å². The van der Waals surface area contributed by atoms with Gasteiger partial charge in [-0.05, 0) is 62.6 Å². The topological polar surface area (TPSA) is 86.8 Å². The van der Waals surface area contributed by atoms with Crippen molar-refractivity contribution in [3.63, 3.8) is 0 Å². The van der Waals surface area contributed by atoms with Crippen molar-refractivity contribution in [2.24, 2.45) is 0 Å². The molecule has 0 saturated carbocycles. The Hall–Kier alpha value is -2.29. The van der Waals surface area contributed by atoms with Crippen molar-refractivity contribution < 1.29 is 18.0 Å². The van der Waals surface area contributed by atoms with Crippen LogP contribution in [0.15, 0.2) is 48.5 Å². The highest BCUT2D eigenvalue weighted by molar-refractivity contribution is 7.92. The number of carbonyl (C=O) groups is 2. The standard InChI is InChI=1S/C25H33Cl2N3O4S/c1-5-18(2)28-25(32)19(3)29(17-20-11-13-21(26)14-12-20)24(31)10-7-15-30(35(4,33)34)23-9-6-8-22(27)16-23/h6,8-9,11-14,16,18-19H,5,7,10,15,17H2,1-4H3,(H,28,32)/t18-,19-/m1/s1. The summed E-state index contributed by atoms with van der Waals surface area (Å²) in [5.41, 5.74) is 1.27. The summed E-state index contributed by atoms with van der Waals surface area (Å²) in [6.45, 7) is 5.91. The first-order valence-corrected chi connectivity index (χ1v) is 14.1. The van der Waals surface area contributed by atoms with Gasteiger partial charge < -0.3 is 10.2 Å². The Bertz CT molecular complexity index is 1110. The van der Waals surface area contributed by atoms with Crippen LogP contribution in [0.4, 0.5) is 5.69 Å². The number of benzene rings is 2. The van der Waals surface area contributed by atoms with Crippen LogP contribution in [0.3, 0.4) is 0 Å². The summed E-state index contributed by atoms with van der Waals surface area (Å²) in [5, 5.41) is 3.93. The summed E-state index contributed by atoms with van der Waals surface area (Å²) in [4.78, 5) is 27.6. The van der Waals surface area contributed by atoms with Crippen molar-refractivity contribution in [2.75, 3.05) is 17.1 Å². The maximum atomic E-state index is 13.3. The largest absolute Gasteiger partial charge is 0.352 e. The lowest BCUT2D eigenvalue weighted by Crippen LogP contribution is -2.49. The second-order valence-electron chi connectivity index (χ2n) is 8.56. The number of rotatable bonds is 12. The zero-order chi connectivity index (χ0) is 26.2. The van der Waals surface area contributed by atoms with E-state index in [1.807, 2.05) is 26.0 Å². The molecule has 2 aromatic carbocycles. The average Bonchev–Trinajstić information content (AvgIpc) is 2.79. The van der Waals surface area contributed by atoms with Crippen molar-refractivity contribution in [3.8, 4) is 0 Å². The maximum absolute atomic E-state index is 13.3. The summed E-state index contributed by atoms with van der Waals surface area (Å²) in [6.07, 6.45) is 2.23. The first-order valence-electron chi connectivity index (χ1n) is 11.5. The Balaban J connectivity index is 2.16. The first-order chi connectivity index (χ1) is 16.4. The van der Waals surface area contributed by atoms with Gasteiger partial charge in [0, 0.05) is 35.6 Å². The Labute approximate surface area is 218 Å². The van der Waals surface area contributed by atoms with Gasteiger partial charge in [-0.3, -0.25) is 13.9 Å². The molecule has 35 heavy (non-hydrogen) atoms. The van der Waals surface area contributed by atoms with Gasteiger partial charge >= 0.3 is 0 Å². The molecule has 0 radical (unpaired) electrons. The third-order valence-electron chi connectivity index (χ3n) is 5.68. The molecule has 1 N–H and O–H groups in total. The minimum atomic E-state index is -3.58. The van der Waals surface area contributed by atoms with Crippen LogP contribution >= 0.6 is 23.2 Å². The van der Waals surface area contributed by atoms with E-state index in [1.165, 1.54) is 9.21 Å². The number of anilines is 1. The molecule has 0 fully saturated rings. The number of nitrogens with zero attached hydrogens (tertiary/aromatic N) is 2. The minimum absolute atomic E-state index is 0.0153. The number of carbonyl (C=O) groups excluding carboxylic acids is 2. The molecule has 0 bridgehead atoms. The normalized spacial score (nSPS) is 13.1. The summed E-state index contributed by atoms with van der Waals surface area (Å²) in [7, 11) is -3.58. The molecule has 0 aliphatic heterocycles. The summed E-state index contributed by atoms with van der Waals surface area (Å²) in [6, 6.07) is 12.9. The minimum Gasteiger partial charge on any atom is -0.352 e. The third kappa shape index (κ3) is 9.02. The average molecular weight is 543 g/mol. The number of nitrogens with one attached hydrogen (secondary N) is 1. The van der Waals surface area contributed by atoms with Crippen LogP contribution in [0.2, 0.25) is 10.0 Å². The molecule has 2 rings (SSSR count). The fourth-order valence-corrected chi connectivity index (χ4v) is 4.74. The van der Waals surface area contributed by atoms with Gasteiger partial charge in [-0.25, -0.2) is 8.42 Å². The highest BCUT2D eigenvalue weighted by atomic mass is 35.5. The molecule has 0 unspecified atom stereocenters. The Morgan fingerprint density at radius 1 is 1.03 bits per heavy atom. The van der Waals surface area contributed by atoms with Gasteiger partial charge in [-0.2, -0.15) is 0 Å². The molecule has 0 aliphatic carbocycles. The predicted molar refractivity (Wildman–Crippen MR) is 142 cm³/mol. The molecule has 7 nitrogen and oxygen atoms in total. The van der Waals surface area contributed by atoms with Crippen molar-refractivity contribution in [3.05, 3.63) is 64.1 Å². The van der Waals surface area contributed by atoms with Gasteiger partial charge in [0.1, 0.15) is 6.04 Å². The smallest absolute Gasteiger partial charge is 0.242 e. The number of amides is 2. The van der Waals surface area contributed by atoms with E-state index in [1.54, 1.807) is 43.3 Å². The van der Waals surface area contributed by atoms with Crippen LogP contribution in [0.25, 0.3) is 0 Å². The predicted octanol–water partition coefficient (Wildman–Crippen LogP) is 4.87. The van der Waals surface area contributed by atoms with E-state index >= 15 is 0 Å². The molecule has 0 aliphatic rings. The number of sulfonamides is 1. The van der Waals surface area contributed by atoms with Crippen molar-refractivity contribution in [1.82, 2.24) is 10.2 Å². The van der Waals surface area contributed by atoms with Crippen LogP contribution in [-0.2, 0) is 26.2 Å². The zero-order valence-electron chi connectivity index (χ0n) is 20.5. The molecule has 0 heterocycles. The van der Waals surface area contributed by atoms with Gasteiger partial charge in [0.15, 0.2) is 0 Å². The lowest BCUT2D eigenvalue weighted by atomic mass is 10.1. The van der Waals surface area contributed by atoms with Crippen molar-refractivity contribution >= 4 is 50.7 Å². The zero-order valence-corrected chi connectivity index (χ0v) is 22.8. The lowest BCUT2D eigenvalue weighted by Gasteiger charge is -2.30. The van der Waals surface area contributed by atoms with E-state index in [-0.39, 0.29) is 43.8 Å². The van der Waals surface area contributed by atoms with E-state index in [4.69, 9.17) is 23.2 Å². The maximum Gasteiger partial charge on any atom is 0.242 e. The van der Waals surface area contributed by atoms with Crippen molar-refractivity contribution in [2.45, 2.75) is 58.7 Å². The van der Waals surface area contributed by atoms with Crippen LogP contribution in [0.5, 0.6) is 0 Å². The highest BCUT2D eigenvalue weighted by Crippen LogP contribution is 2.23. The van der Waals surface area contributed by atoms with E-state index in [0.717, 1.165) is 18.2 Å². The first kappa shape index (κ1) is 28.9. The van der Waals surface area contributed by atoms with E-state index < -0.39 is 16.1 Å². The Morgan fingerprint density at radius 3 is 2.26 bits per heavy atom. The molecule has 0 saturated heterocycles. The molecule has 192 valence electrons. The van der Waals surface area contributed by atoms with Crippen LogP contribution in [0, 0.1) is 0 Å². The number of hydrogen-bond donors (Lipinski definition) is 1. The fourth-order valence-electron chi connectivity index (χ4n) is 3.47. The SMILES string of the molecule is CC[C@@H](C)NC(=O)[C@@H](C)N(Cc1ccc(Cl)cc1)C(=O)CCCN(c1cccc(Cl)c1)S(C)(=O)=O. The summed E-state index contributed by atoms with van der Waals surface area (Å²) in [5.74, 6) is -0.482. The third-order valence-corrected chi connectivity index (χ3v) is 7.36. The molecule has 2 amide bonds. The quantitative estimate of drug-likeness (QED) is 0.415. The second-order valence-corrected chi connectivity index (χ2v) is 11.3. The van der Waals surface area contributed by atoms with Crippen LogP contribution < -0.4 is 9.62 Å². The molecule has 0 spiro atoms. The van der Waals surface area contributed by atoms with Crippen LogP contribution in [0.1, 0.15) is 45.6 Å². The van der Waals surface area contributed by atoms with Gasteiger partial charge in [-0.1, -0.05) is 48.3 Å². The van der Waals surface area contributed by atoms with Gasteiger partial charge in [0.05, 0.1) is 11.9 Å². The van der Waals surface area contributed by atoms with Gasteiger partial charge in [0.2, 0.25) is 21.8 Å². The van der Waals surface area contributed by atoms with Gasteiger partial charge in [0.25, 0.3) is 0 Å². The number of hydrogen-bond acceptors (Lipinski definition) is 4. The molecule has 0 aromatic heterocycles. The molecule has 10 heteroatoms. The fraction of sp³-hybridized carbons (Fsp3) is 0.440. The Kier molecular flexibility index (Phi) is 10.9. The van der Waals surface area contributed by atoms with Gasteiger partial charge in [-0.15, -0.1) is 0 Å². The van der Waals surface area contributed by atoms with Crippen LogP contribution in [-0.4, -0.2) is 50.0 Å². The van der Waals surface area contributed by atoms with E-state index in [0.29, 0.717) is 15.7 Å². The van der Waals surface area contributed by atoms with E-state index in [9.17, 15) is 18.0 Å². The lowest BCUT2D eigenvalue weighted by molar-refractivity contribution is -0.140. The summed E-state index contributed by atoms with van der Waals surface area (Å²) < 4.78 is 26.0.